The summed E-state index contributed by atoms with van der Waals surface area (Å²) in [5.74, 6) is 2.28. The molecule has 0 radical (unpaired) electrons. The topological polar surface area (TPSA) is 98.9 Å². The van der Waals surface area contributed by atoms with Crippen LogP contribution in [0.15, 0.2) is 45.2 Å². The summed E-state index contributed by atoms with van der Waals surface area (Å²) in [6, 6.07) is 12.8. The zero-order valence-corrected chi connectivity index (χ0v) is 17.0. The largest absolute Gasteiger partial charge is 0.484 e. The highest BCUT2D eigenvalue weighted by Gasteiger charge is 2.25. The zero-order valence-electron chi connectivity index (χ0n) is 16.3. The molecule has 3 aromatic rings. The average Bonchev–Trinajstić information content (AvgIpc) is 3.41. The van der Waals surface area contributed by atoms with Crippen molar-refractivity contribution in [2.24, 2.45) is 0 Å². The van der Waals surface area contributed by atoms with Crippen LogP contribution in [0.25, 0.3) is 11.7 Å². The molecule has 1 saturated heterocycles. The summed E-state index contributed by atoms with van der Waals surface area (Å²) in [6.07, 6.45) is 0. The molecule has 1 aromatic carbocycles. The SMILES string of the molecule is N#Cc1nc(-c2ccc(COc3ccccc3Cl)o2)oc1N1CCN(CCO)CC1. The summed E-state index contributed by atoms with van der Waals surface area (Å²) in [7, 11) is 0. The van der Waals surface area contributed by atoms with E-state index in [1.54, 1.807) is 24.3 Å². The number of hydrogen-bond donors (Lipinski definition) is 1. The maximum Gasteiger partial charge on any atom is 0.266 e. The maximum absolute atomic E-state index is 9.48. The van der Waals surface area contributed by atoms with E-state index in [1.165, 1.54) is 0 Å². The molecule has 0 unspecified atom stereocenters. The Labute approximate surface area is 178 Å². The third kappa shape index (κ3) is 4.44. The summed E-state index contributed by atoms with van der Waals surface area (Å²) in [4.78, 5) is 8.45. The van der Waals surface area contributed by atoms with Gasteiger partial charge in [-0.25, -0.2) is 0 Å². The first kappa shape index (κ1) is 20.3. The second-order valence-corrected chi connectivity index (χ2v) is 7.23. The molecule has 4 rings (SSSR count). The van der Waals surface area contributed by atoms with Crippen LogP contribution in [0, 0.1) is 11.3 Å². The number of β-amino-alcohol motifs (C(OH)–C–C–N with tert-alkyl or cyclic N) is 1. The van der Waals surface area contributed by atoms with Crippen molar-refractivity contribution in [2.75, 3.05) is 44.2 Å². The summed E-state index contributed by atoms with van der Waals surface area (Å²) < 4.78 is 17.4. The van der Waals surface area contributed by atoms with Crippen LogP contribution in [0.1, 0.15) is 11.5 Å². The smallest absolute Gasteiger partial charge is 0.266 e. The Balaban J connectivity index is 1.45. The summed E-state index contributed by atoms with van der Waals surface area (Å²) in [5, 5.41) is 19.1. The number of hydrogen-bond acceptors (Lipinski definition) is 8. The van der Waals surface area contributed by atoms with Gasteiger partial charge in [-0.2, -0.15) is 10.2 Å². The van der Waals surface area contributed by atoms with Crippen molar-refractivity contribution < 1.29 is 18.7 Å². The zero-order chi connectivity index (χ0) is 20.9. The molecule has 30 heavy (non-hydrogen) atoms. The standard InChI is InChI=1S/C21H21ClN4O4/c22-16-3-1-2-4-18(16)28-14-15-5-6-19(29-15)20-24-17(13-23)21(30-20)26-9-7-25(8-10-26)11-12-27/h1-6,27H,7-12,14H2. The molecule has 0 aliphatic carbocycles. The minimum atomic E-state index is 0.136. The van der Waals surface area contributed by atoms with Crippen molar-refractivity contribution in [1.82, 2.24) is 9.88 Å². The Hall–Kier alpha value is -2.99. The van der Waals surface area contributed by atoms with Gasteiger partial charge in [-0.15, -0.1) is 0 Å². The molecule has 1 aliphatic heterocycles. The molecule has 0 bridgehead atoms. The molecule has 8 nitrogen and oxygen atoms in total. The summed E-state index contributed by atoms with van der Waals surface area (Å²) in [5.41, 5.74) is 0.228. The van der Waals surface area contributed by atoms with Crippen molar-refractivity contribution in [3.8, 4) is 23.5 Å². The lowest BCUT2D eigenvalue weighted by Gasteiger charge is -2.33. The van der Waals surface area contributed by atoms with Crippen LogP contribution in [-0.4, -0.2) is 54.3 Å². The molecule has 1 fully saturated rings. The number of aromatic nitrogens is 1. The van der Waals surface area contributed by atoms with Gasteiger partial charge in [-0.05, 0) is 24.3 Å². The quantitative estimate of drug-likeness (QED) is 0.612. The number of aliphatic hydroxyl groups excluding tert-OH is 1. The predicted molar refractivity (Wildman–Crippen MR) is 110 cm³/mol. The molecule has 0 spiro atoms. The summed E-state index contributed by atoms with van der Waals surface area (Å²) >= 11 is 6.10. The normalized spacial score (nSPS) is 14.6. The number of rotatable bonds is 7. The highest BCUT2D eigenvalue weighted by atomic mass is 35.5. The van der Waals surface area contributed by atoms with Crippen LogP contribution in [0.4, 0.5) is 5.88 Å². The molecule has 0 amide bonds. The van der Waals surface area contributed by atoms with Crippen LogP contribution in [0.5, 0.6) is 5.75 Å². The number of anilines is 1. The van der Waals surface area contributed by atoms with Crippen LogP contribution in [0.3, 0.4) is 0 Å². The number of oxazole rings is 1. The monoisotopic (exact) mass is 428 g/mol. The Morgan fingerprint density at radius 1 is 1.13 bits per heavy atom. The van der Waals surface area contributed by atoms with Crippen LogP contribution >= 0.6 is 11.6 Å². The van der Waals surface area contributed by atoms with E-state index in [0.717, 1.165) is 13.1 Å². The Morgan fingerprint density at radius 2 is 1.93 bits per heavy atom. The summed E-state index contributed by atoms with van der Waals surface area (Å²) in [6.45, 7) is 3.94. The number of aliphatic hydroxyl groups is 1. The number of ether oxygens (including phenoxy) is 1. The first-order valence-corrected chi connectivity index (χ1v) is 10.0. The minimum Gasteiger partial charge on any atom is -0.484 e. The number of halogens is 1. The van der Waals surface area contributed by atoms with E-state index >= 15 is 0 Å². The maximum atomic E-state index is 9.48. The Morgan fingerprint density at radius 3 is 2.67 bits per heavy atom. The molecule has 156 valence electrons. The molecule has 9 heteroatoms. The van der Waals surface area contributed by atoms with Gasteiger partial charge in [-0.3, -0.25) is 4.90 Å². The van der Waals surface area contributed by atoms with E-state index in [9.17, 15) is 5.26 Å². The predicted octanol–water partition coefficient (Wildman–Crippen LogP) is 3.15. The van der Waals surface area contributed by atoms with Gasteiger partial charge >= 0.3 is 0 Å². The van der Waals surface area contributed by atoms with Gasteiger partial charge in [0.15, 0.2) is 5.76 Å². The fraction of sp³-hybridized carbons (Fsp3) is 0.333. The van der Waals surface area contributed by atoms with Gasteiger partial charge in [0.1, 0.15) is 24.2 Å². The van der Waals surface area contributed by atoms with E-state index in [2.05, 4.69) is 16.0 Å². The third-order valence-corrected chi connectivity index (χ3v) is 5.18. The highest BCUT2D eigenvalue weighted by Crippen LogP contribution is 2.30. The van der Waals surface area contributed by atoms with Crippen molar-refractivity contribution in [3.63, 3.8) is 0 Å². The molecule has 1 aliphatic rings. The molecule has 1 N–H and O–H groups in total. The molecule has 0 saturated carbocycles. The van der Waals surface area contributed by atoms with Crippen LogP contribution in [0.2, 0.25) is 5.02 Å². The highest BCUT2D eigenvalue weighted by molar-refractivity contribution is 6.32. The van der Waals surface area contributed by atoms with Crippen molar-refractivity contribution in [1.29, 1.82) is 5.26 Å². The lowest BCUT2D eigenvalue weighted by Crippen LogP contribution is -2.47. The number of para-hydroxylation sites is 1. The Bertz CT molecular complexity index is 1030. The second kappa shape index (κ2) is 9.22. The van der Waals surface area contributed by atoms with Crippen molar-refractivity contribution in [2.45, 2.75) is 6.61 Å². The number of nitrogens with zero attached hydrogens (tertiary/aromatic N) is 4. The van der Waals surface area contributed by atoms with E-state index in [1.807, 2.05) is 17.0 Å². The molecular weight excluding hydrogens is 408 g/mol. The number of piperazine rings is 1. The van der Waals surface area contributed by atoms with Crippen LogP contribution < -0.4 is 9.64 Å². The van der Waals surface area contributed by atoms with E-state index in [4.69, 9.17) is 30.3 Å². The first-order valence-electron chi connectivity index (χ1n) is 9.63. The number of benzene rings is 1. The van der Waals surface area contributed by atoms with E-state index in [0.29, 0.717) is 47.8 Å². The Kier molecular flexibility index (Phi) is 6.23. The van der Waals surface area contributed by atoms with Crippen LogP contribution in [-0.2, 0) is 6.61 Å². The number of furan rings is 1. The molecular formula is C21H21ClN4O4. The minimum absolute atomic E-state index is 0.136. The van der Waals surface area contributed by atoms with Gasteiger partial charge in [0.2, 0.25) is 11.6 Å². The first-order chi connectivity index (χ1) is 14.7. The molecule has 3 heterocycles. The van der Waals surface area contributed by atoms with Gasteiger partial charge in [0.25, 0.3) is 5.89 Å². The van der Waals surface area contributed by atoms with Gasteiger partial charge in [-0.1, -0.05) is 23.7 Å². The lowest BCUT2D eigenvalue weighted by atomic mass is 10.3. The van der Waals surface area contributed by atoms with Crippen molar-refractivity contribution >= 4 is 17.5 Å². The fourth-order valence-corrected chi connectivity index (χ4v) is 3.49. The average molecular weight is 429 g/mol. The lowest BCUT2D eigenvalue weighted by molar-refractivity contribution is 0.187. The van der Waals surface area contributed by atoms with Gasteiger partial charge in [0, 0.05) is 32.7 Å². The number of nitriles is 1. The van der Waals surface area contributed by atoms with E-state index < -0.39 is 0 Å². The van der Waals surface area contributed by atoms with Gasteiger partial charge < -0.3 is 23.6 Å². The second-order valence-electron chi connectivity index (χ2n) is 6.82. The molecule has 2 aromatic heterocycles. The fourth-order valence-electron chi connectivity index (χ4n) is 3.30. The van der Waals surface area contributed by atoms with Gasteiger partial charge in [0.05, 0.1) is 11.6 Å². The van der Waals surface area contributed by atoms with E-state index in [-0.39, 0.29) is 24.8 Å². The third-order valence-electron chi connectivity index (χ3n) is 4.87. The molecule has 0 atom stereocenters. The van der Waals surface area contributed by atoms with Crippen molar-refractivity contribution in [3.05, 3.63) is 52.9 Å².